The van der Waals surface area contributed by atoms with Gasteiger partial charge in [0.15, 0.2) is 0 Å². The SMILES string of the molecule is CNCc1ccc(Nc2ccc(C(=O)NC)cc2C=N)cc1. The molecule has 1 amide bonds. The van der Waals surface area contributed by atoms with E-state index >= 15 is 0 Å². The summed E-state index contributed by atoms with van der Waals surface area (Å²) in [5, 5.41) is 16.5. The Balaban J connectivity index is 2.21. The first kappa shape index (κ1) is 15.7. The first-order valence-corrected chi connectivity index (χ1v) is 7.05. The van der Waals surface area contributed by atoms with Crippen molar-refractivity contribution in [1.29, 1.82) is 5.41 Å². The van der Waals surface area contributed by atoms with E-state index in [1.165, 1.54) is 11.8 Å². The van der Waals surface area contributed by atoms with Gasteiger partial charge in [0, 0.05) is 42.3 Å². The van der Waals surface area contributed by atoms with Crippen LogP contribution in [0.1, 0.15) is 21.5 Å². The maximum atomic E-state index is 11.6. The number of nitrogens with one attached hydrogen (secondary N) is 4. The van der Waals surface area contributed by atoms with Gasteiger partial charge in [-0.3, -0.25) is 4.79 Å². The molecule has 0 fully saturated rings. The van der Waals surface area contributed by atoms with Gasteiger partial charge in [-0.1, -0.05) is 12.1 Å². The van der Waals surface area contributed by atoms with Crippen LogP contribution in [0, 0.1) is 5.41 Å². The first-order chi connectivity index (χ1) is 10.7. The Hall–Kier alpha value is -2.66. The third-order valence-corrected chi connectivity index (χ3v) is 3.31. The number of amides is 1. The van der Waals surface area contributed by atoms with E-state index in [1.54, 1.807) is 19.2 Å². The van der Waals surface area contributed by atoms with Crippen molar-refractivity contribution < 1.29 is 4.79 Å². The summed E-state index contributed by atoms with van der Waals surface area (Å²) in [4.78, 5) is 11.6. The molecular formula is C17H20N4O. The lowest BCUT2D eigenvalue weighted by Crippen LogP contribution is -2.18. The van der Waals surface area contributed by atoms with E-state index in [0.29, 0.717) is 11.1 Å². The van der Waals surface area contributed by atoms with Gasteiger partial charge in [0.25, 0.3) is 5.91 Å². The van der Waals surface area contributed by atoms with E-state index < -0.39 is 0 Å². The van der Waals surface area contributed by atoms with Crippen molar-refractivity contribution >= 4 is 23.5 Å². The molecule has 0 atom stereocenters. The van der Waals surface area contributed by atoms with E-state index in [4.69, 9.17) is 5.41 Å². The first-order valence-electron chi connectivity index (χ1n) is 7.05. The van der Waals surface area contributed by atoms with Crippen LogP contribution in [0.3, 0.4) is 0 Å². The molecule has 0 aromatic heterocycles. The van der Waals surface area contributed by atoms with Crippen LogP contribution in [0.25, 0.3) is 0 Å². The highest BCUT2D eigenvalue weighted by Crippen LogP contribution is 2.21. The minimum absolute atomic E-state index is 0.161. The quantitative estimate of drug-likeness (QED) is 0.619. The fourth-order valence-corrected chi connectivity index (χ4v) is 2.15. The summed E-state index contributed by atoms with van der Waals surface area (Å²) in [6.07, 6.45) is 1.24. The van der Waals surface area contributed by atoms with Crippen LogP contribution >= 0.6 is 0 Å². The third-order valence-electron chi connectivity index (χ3n) is 3.31. The number of benzene rings is 2. The van der Waals surface area contributed by atoms with Crippen LogP contribution in [-0.4, -0.2) is 26.2 Å². The number of rotatable bonds is 6. The smallest absolute Gasteiger partial charge is 0.251 e. The molecule has 0 unspecified atom stereocenters. The summed E-state index contributed by atoms with van der Waals surface area (Å²) in [5.74, 6) is -0.161. The van der Waals surface area contributed by atoms with Crippen molar-refractivity contribution in [2.75, 3.05) is 19.4 Å². The molecule has 0 spiro atoms. The Kier molecular flexibility index (Phi) is 5.27. The number of carbonyl (C=O) groups is 1. The topological polar surface area (TPSA) is 77.0 Å². The average Bonchev–Trinajstić information content (AvgIpc) is 2.56. The molecule has 0 heterocycles. The summed E-state index contributed by atoms with van der Waals surface area (Å²) >= 11 is 0. The van der Waals surface area contributed by atoms with Crippen LogP contribution in [-0.2, 0) is 6.54 Å². The fourth-order valence-electron chi connectivity index (χ4n) is 2.15. The molecule has 2 aromatic carbocycles. The van der Waals surface area contributed by atoms with Crippen molar-refractivity contribution in [3.63, 3.8) is 0 Å². The van der Waals surface area contributed by atoms with Crippen molar-refractivity contribution in [3.8, 4) is 0 Å². The second-order valence-electron chi connectivity index (χ2n) is 4.88. The number of anilines is 2. The minimum atomic E-state index is -0.161. The average molecular weight is 296 g/mol. The number of hydrogen-bond donors (Lipinski definition) is 4. The molecule has 0 saturated heterocycles. The Morgan fingerprint density at radius 3 is 2.45 bits per heavy atom. The van der Waals surface area contributed by atoms with E-state index in [-0.39, 0.29) is 5.91 Å². The lowest BCUT2D eigenvalue weighted by Gasteiger charge is -2.11. The molecule has 0 aliphatic heterocycles. The molecule has 5 heteroatoms. The van der Waals surface area contributed by atoms with Gasteiger partial charge in [-0.2, -0.15) is 0 Å². The monoisotopic (exact) mass is 296 g/mol. The maximum absolute atomic E-state index is 11.6. The van der Waals surface area contributed by atoms with Gasteiger partial charge in [-0.15, -0.1) is 0 Å². The normalized spacial score (nSPS) is 10.1. The zero-order valence-corrected chi connectivity index (χ0v) is 12.7. The molecule has 4 N–H and O–H groups in total. The minimum Gasteiger partial charge on any atom is -0.355 e. The molecule has 0 bridgehead atoms. The standard InChI is InChI=1S/C17H20N4O/c1-19-11-12-3-6-15(7-4-12)21-16-8-5-13(17(22)20-2)9-14(16)10-18/h3-10,18-19,21H,11H2,1-2H3,(H,20,22). The molecule has 0 aliphatic carbocycles. The van der Waals surface area contributed by atoms with Crippen LogP contribution < -0.4 is 16.0 Å². The second kappa shape index (κ2) is 7.38. The molecule has 114 valence electrons. The van der Waals surface area contributed by atoms with Crippen LogP contribution in [0.15, 0.2) is 42.5 Å². The number of hydrogen-bond acceptors (Lipinski definition) is 4. The third kappa shape index (κ3) is 3.71. The van der Waals surface area contributed by atoms with Crippen molar-refractivity contribution in [2.45, 2.75) is 6.54 Å². The maximum Gasteiger partial charge on any atom is 0.251 e. The summed E-state index contributed by atoms with van der Waals surface area (Å²) in [5.41, 5.74) is 4.14. The molecule has 0 saturated carbocycles. The largest absolute Gasteiger partial charge is 0.355 e. The molecule has 22 heavy (non-hydrogen) atoms. The van der Waals surface area contributed by atoms with Crippen LogP contribution in [0.4, 0.5) is 11.4 Å². The summed E-state index contributed by atoms with van der Waals surface area (Å²) < 4.78 is 0. The van der Waals surface area contributed by atoms with Gasteiger partial charge in [0.2, 0.25) is 0 Å². The van der Waals surface area contributed by atoms with Gasteiger partial charge in [-0.05, 0) is 42.9 Å². The van der Waals surface area contributed by atoms with Gasteiger partial charge < -0.3 is 21.4 Å². The Morgan fingerprint density at radius 1 is 1.14 bits per heavy atom. The Morgan fingerprint density at radius 2 is 1.86 bits per heavy atom. The van der Waals surface area contributed by atoms with E-state index in [1.807, 2.05) is 37.4 Å². The number of carbonyl (C=O) groups excluding carboxylic acids is 1. The highest BCUT2D eigenvalue weighted by atomic mass is 16.1. The lowest BCUT2D eigenvalue weighted by molar-refractivity contribution is 0.0963. The van der Waals surface area contributed by atoms with Crippen molar-refractivity contribution in [1.82, 2.24) is 10.6 Å². The predicted octanol–water partition coefficient (Wildman–Crippen LogP) is 2.51. The zero-order chi connectivity index (χ0) is 15.9. The van der Waals surface area contributed by atoms with Crippen LogP contribution in [0.5, 0.6) is 0 Å². The van der Waals surface area contributed by atoms with Gasteiger partial charge in [-0.25, -0.2) is 0 Å². The van der Waals surface area contributed by atoms with Gasteiger partial charge in [0.05, 0.1) is 0 Å². The second-order valence-corrected chi connectivity index (χ2v) is 4.88. The van der Waals surface area contributed by atoms with E-state index in [9.17, 15) is 4.79 Å². The van der Waals surface area contributed by atoms with Crippen molar-refractivity contribution in [2.24, 2.45) is 0 Å². The summed E-state index contributed by atoms with van der Waals surface area (Å²) in [7, 11) is 3.50. The van der Waals surface area contributed by atoms with E-state index in [0.717, 1.165) is 17.9 Å². The summed E-state index contributed by atoms with van der Waals surface area (Å²) in [6.45, 7) is 0.826. The summed E-state index contributed by atoms with van der Waals surface area (Å²) in [6, 6.07) is 13.3. The van der Waals surface area contributed by atoms with E-state index in [2.05, 4.69) is 16.0 Å². The Labute approximate surface area is 130 Å². The van der Waals surface area contributed by atoms with Crippen molar-refractivity contribution in [3.05, 3.63) is 59.2 Å². The molecular weight excluding hydrogens is 276 g/mol. The lowest BCUT2D eigenvalue weighted by atomic mass is 10.1. The molecule has 0 aliphatic rings. The molecule has 2 rings (SSSR count). The highest BCUT2D eigenvalue weighted by molar-refractivity contribution is 5.98. The molecule has 2 aromatic rings. The van der Waals surface area contributed by atoms with Gasteiger partial charge >= 0.3 is 0 Å². The van der Waals surface area contributed by atoms with Crippen LogP contribution in [0.2, 0.25) is 0 Å². The highest BCUT2D eigenvalue weighted by Gasteiger charge is 2.07. The van der Waals surface area contributed by atoms with Gasteiger partial charge in [0.1, 0.15) is 0 Å². The molecule has 5 nitrogen and oxygen atoms in total. The molecule has 0 radical (unpaired) electrons. The predicted molar refractivity (Wildman–Crippen MR) is 90.2 cm³/mol. The Bertz CT molecular complexity index is 665. The fraction of sp³-hybridized carbons (Fsp3) is 0.176. The zero-order valence-electron chi connectivity index (χ0n) is 12.7.